The van der Waals surface area contributed by atoms with Gasteiger partial charge in [0.2, 0.25) is 5.95 Å². The van der Waals surface area contributed by atoms with Gasteiger partial charge in [-0.1, -0.05) is 23.7 Å². The number of carbonyl (C=O) groups is 1. The highest BCUT2D eigenvalue weighted by molar-refractivity contribution is 6.30. The molecule has 10 heteroatoms. The van der Waals surface area contributed by atoms with E-state index in [1.54, 1.807) is 61.5 Å². The second-order valence-corrected chi connectivity index (χ2v) is 8.13. The third-order valence-corrected chi connectivity index (χ3v) is 5.41. The van der Waals surface area contributed by atoms with E-state index in [4.69, 9.17) is 11.6 Å². The Morgan fingerprint density at radius 2 is 2.03 bits per heavy atom. The molecule has 2 heterocycles. The number of aliphatic hydroxyl groups is 1. The van der Waals surface area contributed by atoms with Gasteiger partial charge in [-0.25, -0.2) is 14.4 Å². The van der Waals surface area contributed by atoms with E-state index in [0.29, 0.717) is 28.2 Å². The van der Waals surface area contributed by atoms with E-state index in [-0.39, 0.29) is 23.6 Å². The van der Waals surface area contributed by atoms with Crippen LogP contribution >= 0.6 is 11.6 Å². The van der Waals surface area contributed by atoms with Gasteiger partial charge in [0.15, 0.2) is 0 Å². The van der Waals surface area contributed by atoms with Crippen molar-refractivity contribution in [3.05, 3.63) is 82.5 Å². The molecule has 0 aliphatic rings. The van der Waals surface area contributed by atoms with Crippen LogP contribution in [-0.4, -0.2) is 43.4 Å². The molecule has 4 rings (SSSR count). The third-order valence-electron chi connectivity index (χ3n) is 5.10. The number of nitrogens with one attached hydrogen (secondary N) is 2. The Balaban J connectivity index is 1.65. The number of carbonyl (C=O) groups excluding carboxylic acids is 1. The molecular weight excluding hydrogens is 447 g/mol. The van der Waals surface area contributed by atoms with Gasteiger partial charge in [0.25, 0.3) is 5.91 Å². The molecule has 4 aromatic rings. The standard InChI is InChI=1S/C23H22ClFN6O2/c1-13(12-32)28-23-26-9-16-4-3-15(8-20(16)29-23)22(33)30-21(17-10-27-31(2)11-17)14-5-6-18(24)19(25)7-14/h3-11,13,21,32H,12H2,1-2H3,(H,30,33)(H,26,28,29)/t13-,21+/m0/s1. The summed E-state index contributed by atoms with van der Waals surface area (Å²) in [5.74, 6) is -0.582. The minimum absolute atomic E-state index is 0.00385. The lowest BCUT2D eigenvalue weighted by Crippen LogP contribution is -2.29. The van der Waals surface area contributed by atoms with Crippen molar-refractivity contribution in [2.75, 3.05) is 11.9 Å². The molecule has 0 aliphatic heterocycles. The fourth-order valence-electron chi connectivity index (χ4n) is 3.35. The number of aromatic nitrogens is 4. The van der Waals surface area contributed by atoms with Crippen LogP contribution in [0.3, 0.4) is 0 Å². The molecule has 0 spiro atoms. The summed E-state index contributed by atoms with van der Waals surface area (Å²) >= 11 is 5.84. The number of hydrogen-bond acceptors (Lipinski definition) is 6. The Kier molecular flexibility index (Phi) is 6.52. The second-order valence-electron chi connectivity index (χ2n) is 7.72. The van der Waals surface area contributed by atoms with Crippen LogP contribution in [0, 0.1) is 5.82 Å². The van der Waals surface area contributed by atoms with Crippen molar-refractivity contribution in [3.8, 4) is 0 Å². The highest BCUT2D eigenvalue weighted by Crippen LogP contribution is 2.26. The lowest BCUT2D eigenvalue weighted by Gasteiger charge is -2.19. The normalized spacial score (nSPS) is 13.0. The maximum atomic E-state index is 14.1. The maximum absolute atomic E-state index is 14.1. The topological polar surface area (TPSA) is 105 Å². The van der Waals surface area contributed by atoms with Gasteiger partial charge in [0.1, 0.15) is 5.82 Å². The second kappa shape index (κ2) is 9.51. The molecule has 170 valence electrons. The average Bonchev–Trinajstić information content (AvgIpc) is 3.24. The largest absolute Gasteiger partial charge is 0.394 e. The van der Waals surface area contributed by atoms with E-state index in [9.17, 15) is 14.3 Å². The van der Waals surface area contributed by atoms with Crippen molar-refractivity contribution in [1.82, 2.24) is 25.1 Å². The minimum Gasteiger partial charge on any atom is -0.394 e. The third kappa shape index (κ3) is 5.10. The van der Waals surface area contributed by atoms with Crippen molar-refractivity contribution in [1.29, 1.82) is 0 Å². The number of benzene rings is 2. The van der Waals surface area contributed by atoms with Crippen LogP contribution in [-0.2, 0) is 7.05 Å². The SMILES string of the molecule is C[C@@H](CO)Nc1ncc2ccc(C(=O)N[C@H](c3ccc(Cl)c(F)c3)c3cnn(C)c3)cc2n1. The molecule has 0 radical (unpaired) electrons. The predicted octanol–water partition coefficient (Wildman–Crippen LogP) is 3.47. The van der Waals surface area contributed by atoms with Crippen LogP contribution in [0.15, 0.2) is 55.0 Å². The van der Waals surface area contributed by atoms with E-state index in [0.717, 1.165) is 5.39 Å². The number of aliphatic hydroxyl groups excluding tert-OH is 1. The molecule has 0 aliphatic carbocycles. The fraction of sp³-hybridized carbons (Fsp3) is 0.217. The van der Waals surface area contributed by atoms with Crippen molar-refractivity contribution in [3.63, 3.8) is 0 Å². The van der Waals surface area contributed by atoms with Gasteiger partial charge in [0, 0.05) is 42.0 Å². The zero-order chi connectivity index (χ0) is 23.5. The monoisotopic (exact) mass is 468 g/mol. The first-order valence-corrected chi connectivity index (χ1v) is 10.6. The highest BCUT2D eigenvalue weighted by Gasteiger charge is 2.21. The first-order chi connectivity index (χ1) is 15.8. The Labute approximate surface area is 194 Å². The van der Waals surface area contributed by atoms with Crippen molar-refractivity contribution < 1.29 is 14.3 Å². The lowest BCUT2D eigenvalue weighted by atomic mass is 10.0. The molecule has 0 unspecified atom stereocenters. The number of halogens is 2. The Morgan fingerprint density at radius 1 is 1.21 bits per heavy atom. The maximum Gasteiger partial charge on any atom is 0.252 e. The molecule has 1 amide bonds. The number of anilines is 1. The van der Waals surface area contributed by atoms with Gasteiger partial charge in [-0.15, -0.1) is 0 Å². The molecule has 2 aromatic heterocycles. The number of nitrogens with zero attached hydrogens (tertiary/aromatic N) is 4. The molecule has 3 N–H and O–H groups in total. The average molecular weight is 469 g/mol. The van der Waals surface area contributed by atoms with E-state index in [1.165, 1.54) is 12.1 Å². The number of rotatable bonds is 7. The van der Waals surface area contributed by atoms with Crippen LogP contribution in [0.2, 0.25) is 5.02 Å². The van der Waals surface area contributed by atoms with Gasteiger partial charge in [0.05, 0.1) is 29.4 Å². The number of aryl methyl sites for hydroxylation is 1. The van der Waals surface area contributed by atoms with Crippen LogP contribution in [0.25, 0.3) is 10.9 Å². The molecule has 0 fully saturated rings. The van der Waals surface area contributed by atoms with E-state index in [2.05, 4.69) is 25.7 Å². The summed E-state index contributed by atoms with van der Waals surface area (Å²) in [6.07, 6.45) is 5.02. The Hall–Kier alpha value is -3.56. The van der Waals surface area contributed by atoms with Crippen molar-refractivity contribution in [2.24, 2.45) is 7.05 Å². The summed E-state index contributed by atoms with van der Waals surface area (Å²) in [6, 6.07) is 8.65. The fourth-order valence-corrected chi connectivity index (χ4v) is 3.47. The summed E-state index contributed by atoms with van der Waals surface area (Å²) in [5, 5.41) is 20.1. The quantitative estimate of drug-likeness (QED) is 0.383. The predicted molar refractivity (Wildman–Crippen MR) is 124 cm³/mol. The van der Waals surface area contributed by atoms with E-state index >= 15 is 0 Å². The first kappa shape index (κ1) is 22.6. The minimum atomic E-state index is -0.637. The summed E-state index contributed by atoms with van der Waals surface area (Å²) in [5.41, 5.74) is 2.18. The zero-order valence-corrected chi connectivity index (χ0v) is 18.7. The highest BCUT2D eigenvalue weighted by atomic mass is 35.5. The Morgan fingerprint density at radius 3 is 2.73 bits per heavy atom. The van der Waals surface area contributed by atoms with Crippen molar-refractivity contribution in [2.45, 2.75) is 19.0 Å². The lowest BCUT2D eigenvalue weighted by molar-refractivity contribution is 0.0943. The molecule has 0 saturated carbocycles. The van der Waals surface area contributed by atoms with Crippen LogP contribution in [0.5, 0.6) is 0 Å². The molecule has 2 atom stereocenters. The summed E-state index contributed by atoms with van der Waals surface area (Å²) in [4.78, 5) is 21.8. The molecule has 33 heavy (non-hydrogen) atoms. The van der Waals surface area contributed by atoms with E-state index < -0.39 is 11.9 Å². The number of hydrogen-bond donors (Lipinski definition) is 3. The van der Waals surface area contributed by atoms with Gasteiger partial charge in [-0.2, -0.15) is 5.10 Å². The number of fused-ring (bicyclic) bond motifs is 1. The van der Waals surface area contributed by atoms with Gasteiger partial charge in [-0.3, -0.25) is 9.48 Å². The molecular formula is C23H22ClFN6O2. The van der Waals surface area contributed by atoms with Gasteiger partial charge < -0.3 is 15.7 Å². The number of amides is 1. The van der Waals surface area contributed by atoms with Gasteiger partial charge >= 0.3 is 0 Å². The Bertz CT molecular complexity index is 1310. The molecule has 8 nitrogen and oxygen atoms in total. The summed E-state index contributed by atoms with van der Waals surface area (Å²) < 4.78 is 15.8. The molecule has 2 aromatic carbocycles. The summed E-state index contributed by atoms with van der Waals surface area (Å²) in [6.45, 7) is 1.74. The van der Waals surface area contributed by atoms with Crippen LogP contribution < -0.4 is 10.6 Å². The summed E-state index contributed by atoms with van der Waals surface area (Å²) in [7, 11) is 1.76. The van der Waals surface area contributed by atoms with Gasteiger partial charge in [-0.05, 0) is 36.8 Å². The van der Waals surface area contributed by atoms with E-state index in [1.807, 2.05) is 0 Å². The zero-order valence-electron chi connectivity index (χ0n) is 18.0. The smallest absolute Gasteiger partial charge is 0.252 e. The first-order valence-electron chi connectivity index (χ1n) is 10.2. The van der Waals surface area contributed by atoms with Crippen LogP contribution in [0.1, 0.15) is 34.5 Å². The van der Waals surface area contributed by atoms with Crippen molar-refractivity contribution >= 4 is 34.4 Å². The van der Waals surface area contributed by atoms with Crippen LogP contribution in [0.4, 0.5) is 10.3 Å². The molecule has 0 saturated heterocycles. The molecule has 0 bridgehead atoms.